The van der Waals surface area contributed by atoms with Crippen molar-refractivity contribution in [2.45, 2.75) is 13.1 Å². The molecule has 3 aromatic heterocycles. The predicted molar refractivity (Wildman–Crippen MR) is 130 cm³/mol. The molecule has 1 N–H and O–H groups in total. The summed E-state index contributed by atoms with van der Waals surface area (Å²) in [5.41, 5.74) is 0.876. The van der Waals surface area contributed by atoms with Gasteiger partial charge in [-0.05, 0) is 29.8 Å². The number of benzene rings is 1. The number of carbonyl (C=O) groups excluding carboxylic acids is 1. The molecule has 35 heavy (non-hydrogen) atoms. The van der Waals surface area contributed by atoms with Gasteiger partial charge in [0.2, 0.25) is 0 Å². The predicted octanol–water partition coefficient (Wildman–Crippen LogP) is 0.269. The number of imidazole rings is 1. The van der Waals surface area contributed by atoms with Crippen LogP contribution in [0.1, 0.15) is 21.9 Å². The van der Waals surface area contributed by atoms with Gasteiger partial charge in [0.25, 0.3) is 11.5 Å². The Morgan fingerprint density at radius 3 is 2.57 bits per heavy atom. The number of aryl methyl sites for hydroxylation is 1. The summed E-state index contributed by atoms with van der Waals surface area (Å²) in [7, 11) is 3.09. The summed E-state index contributed by atoms with van der Waals surface area (Å²) >= 11 is 6.20. The smallest absolute Gasteiger partial charge is 0.332 e. The van der Waals surface area contributed by atoms with Crippen LogP contribution >= 0.6 is 11.6 Å². The van der Waals surface area contributed by atoms with E-state index in [2.05, 4.69) is 0 Å². The number of fused-ring (bicyclic) bond motifs is 1. The highest BCUT2D eigenvalue weighted by Gasteiger charge is 2.28. The average Bonchev–Trinajstić information content (AvgIpc) is 3.51. The highest BCUT2D eigenvalue weighted by molar-refractivity contribution is 6.30. The second-order valence-electron chi connectivity index (χ2n) is 8.82. The number of halogens is 1. The van der Waals surface area contributed by atoms with Crippen molar-refractivity contribution < 1.29 is 14.1 Å². The number of piperazine rings is 1. The molecule has 1 fully saturated rings. The maximum Gasteiger partial charge on any atom is 0.332 e. The van der Waals surface area contributed by atoms with Crippen molar-refractivity contribution in [3.63, 3.8) is 0 Å². The average molecular weight is 498 g/mol. The summed E-state index contributed by atoms with van der Waals surface area (Å²) in [5.74, 6) is 0.938. The van der Waals surface area contributed by atoms with Crippen LogP contribution in [-0.2, 0) is 27.2 Å². The number of aromatic nitrogens is 4. The van der Waals surface area contributed by atoms with Gasteiger partial charge in [0.05, 0.1) is 32.4 Å². The van der Waals surface area contributed by atoms with E-state index in [0.717, 1.165) is 23.2 Å². The van der Waals surface area contributed by atoms with Crippen LogP contribution in [0.4, 0.5) is 0 Å². The Morgan fingerprint density at radius 1 is 1.11 bits per heavy atom. The zero-order valence-corrected chi connectivity index (χ0v) is 20.3. The summed E-state index contributed by atoms with van der Waals surface area (Å²) in [4.78, 5) is 46.0. The Kier molecular flexibility index (Phi) is 6.08. The van der Waals surface area contributed by atoms with E-state index in [4.69, 9.17) is 21.0 Å². The third-order valence-corrected chi connectivity index (χ3v) is 6.79. The fourth-order valence-corrected chi connectivity index (χ4v) is 4.81. The molecular weight excluding hydrogens is 472 g/mol. The van der Waals surface area contributed by atoms with Crippen molar-refractivity contribution in [3.8, 4) is 0 Å². The van der Waals surface area contributed by atoms with Crippen LogP contribution in [-0.4, -0.2) is 55.7 Å². The van der Waals surface area contributed by atoms with Crippen molar-refractivity contribution in [2.24, 2.45) is 14.1 Å². The molecule has 1 aliphatic rings. The standard InChI is InChI=1S/C24H25ClN6O4/c1-27-21-20(23(33)28(2)24(27)34)31(14-16-5-3-6-17(25)13-16)19(26-21)15-29-8-10-30(11-9-29)22(32)18-7-4-12-35-18/h3-7,12-13H,8-11,14-15H2,1-2H3/p+1. The van der Waals surface area contributed by atoms with Crippen molar-refractivity contribution in [1.29, 1.82) is 0 Å². The number of carbonyl (C=O) groups is 1. The number of nitrogens with zero attached hydrogens (tertiary/aromatic N) is 5. The van der Waals surface area contributed by atoms with Crippen LogP contribution in [0, 0.1) is 0 Å². The SMILES string of the molecule is Cn1c(=O)c2c(nc(C[NH+]3CCN(C(=O)c4ccco4)CC3)n2Cc2cccc(Cl)c2)n(C)c1=O. The molecule has 0 aliphatic carbocycles. The normalized spacial score (nSPS) is 14.7. The molecule has 0 radical (unpaired) electrons. The lowest BCUT2D eigenvalue weighted by Crippen LogP contribution is -3.13. The van der Waals surface area contributed by atoms with Gasteiger partial charge < -0.3 is 18.8 Å². The lowest BCUT2D eigenvalue weighted by atomic mass is 10.2. The van der Waals surface area contributed by atoms with E-state index >= 15 is 0 Å². The van der Waals surface area contributed by atoms with Crippen molar-refractivity contribution in [3.05, 3.63) is 85.7 Å². The third-order valence-electron chi connectivity index (χ3n) is 6.55. The van der Waals surface area contributed by atoms with Gasteiger partial charge in [0.1, 0.15) is 6.54 Å². The minimum absolute atomic E-state index is 0.110. The van der Waals surface area contributed by atoms with Gasteiger partial charge in [0, 0.05) is 25.7 Å². The van der Waals surface area contributed by atoms with E-state index in [-0.39, 0.29) is 11.5 Å². The molecule has 4 aromatic rings. The largest absolute Gasteiger partial charge is 0.459 e. The van der Waals surface area contributed by atoms with Crippen molar-refractivity contribution >= 4 is 28.7 Å². The summed E-state index contributed by atoms with van der Waals surface area (Å²) in [5, 5.41) is 0.608. The molecule has 182 valence electrons. The minimum atomic E-state index is -0.418. The number of nitrogens with one attached hydrogen (secondary N) is 1. The van der Waals surface area contributed by atoms with Crippen molar-refractivity contribution in [1.82, 2.24) is 23.6 Å². The van der Waals surface area contributed by atoms with E-state index in [1.54, 1.807) is 30.1 Å². The Morgan fingerprint density at radius 2 is 1.89 bits per heavy atom. The summed E-state index contributed by atoms with van der Waals surface area (Å²) in [6.45, 7) is 3.58. The second-order valence-corrected chi connectivity index (χ2v) is 9.25. The minimum Gasteiger partial charge on any atom is -0.459 e. The molecule has 0 unspecified atom stereocenters. The van der Waals surface area contributed by atoms with Gasteiger partial charge in [-0.3, -0.25) is 18.7 Å². The van der Waals surface area contributed by atoms with Gasteiger partial charge in [0.15, 0.2) is 22.7 Å². The van der Waals surface area contributed by atoms with Crippen LogP contribution < -0.4 is 16.1 Å². The molecule has 0 spiro atoms. The van der Waals surface area contributed by atoms with Crippen molar-refractivity contribution in [2.75, 3.05) is 26.2 Å². The van der Waals surface area contributed by atoms with Crippen LogP contribution in [0.3, 0.4) is 0 Å². The number of rotatable bonds is 5. The quantitative estimate of drug-likeness (QED) is 0.426. The van der Waals surface area contributed by atoms with Gasteiger partial charge in [-0.15, -0.1) is 0 Å². The van der Waals surface area contributed by atoms with Crippen LogP contribution in [0.25, 0.3) is 11.2 Å². The van der Waals surface area contributed by atoms with Crippen LogP contribution in [0.15, 0.2) is 56.7 Å². The highest BCUT2D eigenvalue weighted by Crippen LogP contribution is 2.17. The van der Waals surface area contributed by atoms with E-state index in [9.17, 15) is 14.4 Å². The van der Waals surface area contributed by atoms with E-state index < -0.39 is 5.69 Å². The maximum atomic E-state index is 13.1. The fourth-order valence-electron chi connectivity index (χ4n) is 4.60. The fraction of sp³-hybridized carbons (Fsp3) is 0.333. The van der Waals surface area contributed by atoms with E-state index in [0.29, 0.717) is 54.0 Å². The Hall–Kier alpha value is -3.63. The molecule has 1 amide bonds. The molecule has 5 rings (SSSR count). The second kappa shape index (κ2) is 9.20. The summed E-state index contributed by atoms with van der Waals surface area (Å²) < 4.78 is 9.64. The molecule has 1 saturated heterocycles. The highest BCUT2D eigenvalue weighted by atomic mass is 35.5. The van der Waals surface area contributed by atoms with Gasteiger partial charge in [-0.2, -0.15) is 0 Å². The molecule has 0 atom stereocenters. The zero-order chi connectivity index (χ0) is 24.7. The molecule has 0 bridgehead atoms. The topological polar surface area (TPSA) is 99.7 Å². The molecule has 11 heteroatoms. The summed E-state index contributed by atoms with van der Waals surface area (Å²) in [6.07, 6.45) is 1.50. The number of quaternary nitrogens is 1. The molecule has 1 aromatic carbocycles. The van der Waals surface area contributed by atoms with Gasteiger partial charge >= 0.3 is 5.69 Å². The van der Waals surface area contributed by atoms with Gasteiger partial charge in [-0.1, -0.05) is 23.7 Å². The zero-order valence-electron chi connectivity index (χ0n) is 19.5. The van der Waals surface area contributed by atoms with Crippen LogP contribution in [0.2, 0.25) is 5.02 Å². The van der Waals surface area contributed by atoms with Gasteiger partial charge in [-0.25, -0.2) is 9.78 Å². The Balaban J connectivity index is 1.46. The Bertz CT molecular complexity index is 1510. The van der Waals surface area contributed by atoms with E-state index in [1.165, 1.54) is 22.8 Å². The first-order valence-electron chi connectivity index (χ1n) is 11.4. The first-order chi connectivity index (χ1) is 16.8. The summed E-state index contributed by atoms with van der Waals surface area (Å²) in [6, 6.07) is 10.8. The monoisotopic (exact) mass is 497 g/mol. The third kappa shape index (κ3) is 4.30. The molecule has 10 nitrogen and oxygen atoms in total. The number of furan rings is 1. The van der Waals surface area contributed by atoms with Crippen LogP contribution in [0.5, 0.6) is 0 Å². The first-order valence-corrected chi connectivity index (χ1v) is 11.8. The molecule has 0 saturated carbocycles. The Labute approximate surface area is 205 Å². The number of amides is 1. The number of hydrogen-bond acceptors (Lipinski definition) is 5. The molecule has 1 aliphatic heterocycles. The molecular formula is C24H26ClN6O4+. The van der Waals surface area contributed by atoms with E-state index in [1.807, 2.05) is 22.8 Å². The lowest BCUT2D eigenvalue weighted by molar-refractivity contribution is -0.918. The lowest BCUT2D eigenvalue weighted by Gasteiger charge is -2.31. The maximum absolute atomic E-state index is 13.1. The number of hydrogen-bond donors (Lipinski definition) is 1. The molecule has 4 heterocycles. The first kappa shape index (κ1) is 23.1.